The second-order valence-electron chi connectivity index (χ2n) is 4.71. The number of hydrogen-bond donors (Lipinski definition) is 2. The average molecular weight is 273 g/mol. The van der Waals surface area contributed by atoms with E-state index in [2.05, 4.69) is 23.9 Å². The normalized spacial score (nSPS) is 12.3. The monoisotopic (exact) mass is 273 g/mol. The average Bonchev–Trinajstić information content (AvgIpc) is 2.66. The van der Waals surface area contributed by atoms with Crippen molar-refractivity contribution in [1.82, 2.24) is 14.6 Å². The molecule has 1 aromatic rings. The molecule has 0 aliphatic heterocycles. The summed E-state index contributed by atoms with van der Waals surface area (Å²) in [7, 11) is -1.50. The first-order valence-electron chi connectivity index (χ1n) is 6.25. The maximum Gasteiger partial charge on any atom is 0.242 e. The molecule has 0 spiro atoms. The molecule has 1 aromatic heterocycles. The summed E-state index contributed by atoms with van der Waals surface area (Å²) in [6, 6.07) is 2.09. The lowest BCUT2D eigenvalue weighted by Crippen LogP contribution is -2.24. The third-order valence-electron chi connectivity index (χ3n) is 2.63. The molecule has 0 radical (unpaired) electrons. The largest absolute Gasteiger partial charge is 0.352 e. The molecule has 104 valence electrons. The highest BCUT2D eigenvalue weighted by Crippen LogP contribution is 2.13. The summed E-state index contributed by atoms with van der Waals surface area (Å²) in [6.07, 6.45) is 2.43. The van der Waals surface area contributed by atoms with E-state index in [0.29, 0.717) is 24.0 Å². The lowest BCUT2D eigenvalue weighted by atomic mass is 10.3. The quantitative estimate of drug-likeness (QED) is 0.785. The summed E-state index contributed by atoms with van der Waals surface area (Å²) in [5, 5.41) is 3.27. The molecule has 0 aromatic carbocycles. The van der Waals surface area contributed by atoms with Gasteiger partial charge in [0, 0.05) is 38.1 Å². The van der Waals surface area contributed by atoms with Crippen molar-refractivity contribution in [3.63, 3.8) is 0 Å². The van der Waals surface area contributed by atoms with Crippen LogP contribution in [0.25, 0.3) is 0 Å². The van der Waals surface area contributed by atoms with Gasteiger partial charge in [-0.05, 0) is 12.5 Å². The third kappa shape index (κ3) is 4.12. The zero-order chi connectivity index (χ0) is 13.8. The number of aromatic nitrogens is 1. The summed E-state index contributed by atoms with van der Waals surface area (Å²) >= 11 is 0. The molecule has 2 N–H and O–H groups in total. The minimum Gasteiger partial charge on any atom is -0.352 e. The van der Waals surface area contributed by atoms with E-state index in [1.807, 2.05) is 18.5 Å². The van der Waals surface area contributed by atoms with E-state index in [9.17, 15) is 8.42 Å². The maximum atomic E-state index is 11.9. The Kier molecular flexibility index (Phi) is 5.37. The lowest BCUT2D eigenvalue weighted by molar-refractivity contribution is 0.571. The van der Waals surface area contributed by atoms with Gasteiger partial charge in [0.2, 0.25) is 10.0 Å². The Hall–Kier alpha value is -0.850. The predicted octanol–water partition coefficient (Wildman–Crippen LogP) is 1.21. The van der Waals surface area contributed by atoms with Crippen LogP contribution in [-0.2, 0) is 23.6 Å². The zero-order valence-electron chi connectivity index (χ0n) is 11.5. The molecule has 0 saturated carbocycles. The molecule has 0 unspecified atom stereocenters. The Morgan fingerprint density at radius 3 is 2.61 bits per heavy atom. The van der Waals surface area contributed by atoms with Crippen LogP contribution < -0.4 is 10.0 Å². The highest BCUT2D eigenvalue weighted by molar-refractivity contribution is 7.89. The van der Waals surface area contributed by atoms with Gasteiger partial charge in [-0.3, -0.25) is 0 Å². The maximum absolute atomic E-state index is 11.9. The van der Waals surface area contributed by atoms with Crippen molar-refractivity contribution in [2.75, 3.05) is 6.54 Å². The van der Waals surface area contributed by atoms with Crippen molar-refractivity contribution < 1.29 is 8.42 Å². The van der Waals surface area contributed by atoms with E-state index in [1.165, 1.54) is 0 Å². The van der Waals surface area contributed by atoms with Gasteiger partial charge in [0.15, 0.2) is 0 Å². The van der Waals surface area contributed by atoms with Crippen molar-refractivity contribution in [1.29, 1.82) is 0 Å². The van der Waals surface area contributed by atoms with Crippen LogP contribution in [0, 0.1) is 0 Å². The van der Waals surface area contributed by atoms with Crippen LogP contribution in [0.4, 0.5) is 0 Å². The van der Waals surface area contributed by atoms with Crippen LogP contribution in [0.15, 0.2) is 17.2 Å². The first kappa shape index (κ1) is 15.2. The molecule has 6 heteroatoms. The lowest BCUT2D eigenvalue weighted by Gasteiger charge is -2.08. The van der Waals surface area contributed by atoms with Crippen LogP contribution in [0.2, 0.25) is 0 Å². The van der Waals surface area contributed by atoms with Gasteiger partial charge < -0.3 is 9.88 Å². The SMILES string of the molecule is CCCNS(=O)(=O)c1cc(CNC(C)C)n(C)c1. The summed E-state index contributed by atoms with van der Waals surface area (Å²) in [5.41, 5.74) is 0.959. The van der Waals surface area contributed by atoms with E-state index in [0.717, 1.165) is 12.1 Å². The van der Waals surface area contributed by atoms with Crippen LogP contribution >= 0.6 is 0 Å². The summed E-state index contributed by atoms with van der Waals surface area (Å²) in [4.78, 5) is 0.332. The van der Waals surface area contributed by atoms with Crippen molar-refractivity contribution in [2.24, 2.45) is 7.05 Å². The van der Waals surface area contributed by atoms with Gasteiger partial charge in [0.25, 0.3) is 0 Å². The second kappa shape index (κ2) is 6.36. The molecule has 0 aliphatic rings. The zero-order valence-corrected chi connectivity index (χ0v) is 12.3. The number of rotatable bonds is 7. The third-order valence-corrected chi connectivity index (χ3v) is 4.05. The van der Waals surface area contributed by atoms with Gasteiger partial charge in [-0.2, -0.15) is 0 Å². The van der Waals surface area contributed by atoms with Gasteiger partial charge in [-0.1, -0.05) is 20.8 Å². The predicted molar refractivity (Wildman–Crippen MR) is 72.9 cm³/mol. The van der Waals surface area contributed by atoms with E-state index in [-0.39, 0.29) is 0 Å². The Morgan fingerprint density at radius 1 is 1.39 bits per heavy atom. The van der Waals surface area contributed by atoms with Gasteiger partial charge in [-0.15, -0.1) is 0 Å². The van der Waals surface area contributed by atoms with Crippen molar-refractivity contribution >= 4 is 10.0 Å². The van der Waals surface area contributed by atoms with Crippen LogP contribution in [-0.4, -0.2) is 25.6 Å². The van der Waals surface area contributed by atoms with E-state index in [4.69, 9.17) is 0 Å². The highest BCUT2D eigenvalue weighted by atomic mass is 32.2. The molecular formula is C12H23N3O2S. The number of nitrogens with zero attached hydrogens (tertiary/aromatic N) is 1. The molecule has 0 saturated heterocycles. The van der Waals surface area contributed by atoms with Crippen LogP contribution in [0.5, 0.6) is 0 Å². The fourth-order valence-corrected chi connectivity index (χ4v) is 2.76. The van der Waals surface area contributed by atoms with Crippen molar-refractivity contribution in [2.45, 2.75) is 44.7 Å². The molecule has 1 heterocycles. The molecule has 0 bridgehead atoms. The van der Waals surface area contributed by atoms with Crippen molar-refractivity contribution in [3.8, 4) is 0 Å². The second-order valence-corrected chi connectivity index (χ2v) is 6.48. The molecule has 0 fully saturated rings. The Morgan fingerprint density at radius 2 is 2.06 bits per heavy atom. The molecule has 18 heavy (non-hydrogen) atoms. The highest BCUT2D eigenvalue weighted by Gasteiger charge is 2.16. The first-order chi connectivity index (χ1) is 8.36. The van der Waals surface area contributed by atoms with Crippen LogP contribution in [0.1, 0.15) is 32.9 Å². The topological polar surface area (TPSA) is 63.1 Å². The summed E-state index contributed by atoms with van der Waals surface area (Å²) in [6.45, 7) is 7.19. The first-order valence-corrected chi connectivity index (χ1v) is 7.73. The summed E-state index contributed by atoms with van der Waals surface area (Å²) in [5.74, 6) is 0. The molecule has 0 aliphatic carbocycles. The molecule has 0 atom stereocenters. The standard InChI is InChI=1S/C12H23N3O2S/c1-5-6-14-18(16,17)12-7-11(15(4)9-12)8-13-10(2)3/h7,9-10,13-14H,5-6,8H2,1-4H3. The van der Waals surface area contributed by atoms with E-state index < -0.39 is 10.0 Å². The Bertz CT molecular complexity index is 478. The van der Waals surface area contributed by atoms with Gasteiger partial charge in [-0.25, -0.2) is 13.1 Å². The Balaban J connectivity index is 2.83. The van der Waals surface area contributed by atoms with E-state index in [1.54, 1.807) is 12.3 Å². The van der Waals surface area contributed by atoms with Gasteiger partial charge in [0.1, 0.15) is 0 Å². The van der Waals surface area contributed by atoms with Crippen molar-refractivity contribution in [3.05, 3.63) is 18.0 Å². The minimum atomic E-state index is -3.36. The van der Waals surface area contributed by atoms with Crippen LogP contribution in [0.3, 0.4) is 0 Å². The summed E-state index contributed by atoms with van der Waals surface area (Å²) < 4.78 is 28.3. The number of sulfonamides is 1. The number of nitrogens with one attached hydrogen (secondary N) is 2. The minimum absolute atomic E-state index is 0.332. The fraction of sp³-hybridized carbons (Fsp3) is 0.667. The molecule has 5 nitrogen and oxygen atoms in total. The Labute approximate surface area is 110 Å². The smallest absolute Gasteiger partial charge is 0.242 e. The number of hydrogen-bond acceptors (Lipinski definition) is 3. The van der Waals surface area contributed by atoms with Gasteiger partial charge in [0.05, 0.1) is 4.90 Å². The van der Waals surface area contributed by atoms with Gasteiger partial charge >= 0.3 is 0 Å². The van der Waals surface area contributed by atoms with E-state index >= 15 is 0 Å². The number of aryl methyl sites for hydroxylation is 1. The fourth-order valence-electron chi connectivity index (χ4n) is 1.53. The molecule has 0 amide bonds. The molecule has 1 rings (SSSR count). The molecular weight excluding hydrogens is 250 g/mol.